The van der Waals surface area contributed by atoms with E-state index in [1.165, 1.54) is 31.7 Å². The molecule has 1 fully saturated rings. The van der Waals surface area contributed by atoms with Crippen molar-refractivity contribution in [3.8, 4) is 5.75 Å². The Balaban J connectivity index is 0.00000261. The van der Waals surface area contributed by atoms with Crippen molar-refractivity contribution >= 4 is 29.9 Å². The predicted molar refractivity (Wildman–Crippen MR) is 116 cm³/mol. The van der Waals surface area contributed by atoms with Crippen molar-refractivity contribution in [3.63, 3.8) is 0 Å². The molecule has 0 amide bonds. The maximum Gasteiger partial charge on any atom is 0.191 e. The van der Waals surface area contributed by atoms with Gasteiger partial charge in [-0.1, -0.05) is 13.3 Å². The lowest BCUT2D eigenvalue weighted by molar-refractivity contribution is -0.0172. The Hall–Kier alpha value is -1.09. The lowest BCUT2D eigenvalue weighted by atomic mass is 9.67. The van der Waals surface area contributed by atoms with E-state index in [0.29, 0.717) is 25.0 Å². The average molecular weight is 491 g/mol. The van der Waals surface area contributed by atoms with Crippen molar-refractivity contribution in [2.24, 2.45) is 10.4 Å². The molecule has 0 unspecified atom stereocenters. The van der Waals surface area contributed by atoms with Crippen LogP contribution in [0.15, 0.2) is 17.1 Å². The zero-order valence-electron chi connectivity index (χ0n) is 16.3. The molecule has 0 radical (unpaired) electrons. The van der Waals surface area contributed by atoms with Crippen LogP contribution in [0.3, 0.4) is 0 Å². The van der Waals surface area contributed by atoms with Crippen molar-refractivity contribution in [3.05, 3.63) is 29.1 Å². The van der Waals surface area contributed by atoms with E-state index in [9.17, 15) is 4.39 Å². The summed E-state index contributed by atoms with van der Waals surface area (Å²) in [7, 11) is 0. The summed E-state index contributed by atoms with van der Waals surface area (Å²) in [5.74, 6) is 1.35. The molecule has 1 heterocycles. The van der Waals surface area contributed by atoms with Crippen molar-refractivity contribution in [1.29, 1.82) is 0 Å². The van der Waals surface area contributed by atoms with Gasteiger partial charge in [-0.25, -0.2) is 4.39 Å². The van der Waals surface area contributed by atoms with E-state index in [0.717, 1.165) is 35.9 Å². The number of benzene rings is 1. The van der Waals surface area contributed by atoms with Crippen LogP contribution < -0.4 is 15.4 Å². The smallest absolute Gasteiger partial charge is 0.191 e. The Morgan fingerprint density at radius 1 is 1.26 bits per heavy atom. The number of hydrogen-bond acceptors (Lipinski definition) is 3. The molecule has 7 heteroatoms. The van der Waals surface area contributed by atoms with E-state index in [2.05, 4.69) is 24.5 Å². The van der Waals surface area contributed by atoms with Crippen molar-refractivity contribution in [2.75, 3.05) is 26.4 Å². The van der Waals surface area contributed by atoms with Crippen LogP contribution in [0.25, 0.3) is 0 Å². The highest BCUT2D eigenvalue weighted by Crippen LogP contribution is 2.43. The van der Waals surface area contributed by atoms with Gasteiger partial charge in [-0.3, -0.25) is 4.99 Å². The van der Waals surface area contributed by atoms with Gasteiger partial charge in [0.05, 0.1) is 6.61 Å². The number of ether oxygens (including phenoxy) is 2. The Labute approximate surface area is 178 Å². The number of nitrogens with one attached hydrogen (secondary N) is 2. The molecule has 0 aromatic heterocycles. The first kappa shape index (κ1) is 22.2. The first-order valence-corrected chi connectivity index (χ1v) is 9.70. The quantitative estimate of drug-likeness (QED) is 0.344. The minimum Gasteiger partial charge on any atom is -0.467 e. The fraction of sp³-hybridized carbons (Fsp3) is 0.650. The molecule has 0 saturated heterocycles. The molecule has 0 bridgehead atoms. The van der Waals surface area contributed by atoms with Gasteiger partial charge in [-0.15, -0.1) is 24.0 Å². The summed E-state index contributed by atoms with van der Waals surface area (Å²) in [4.78, 5) is 4.78. The number of hydrogen-bond donors (Lipinski definition) is 2. The maximum absolute atomic E-state index is 13.8. The van der Waals surface area contributed by atoms with E-state index in [4.69, 9.17) is 14.5 Å². The molecule has 0 atom stereocenters. The summed E-state index contributed by atoms with van der Waals surface area (Å²) in [6.45, 7) is 7.30. The Morgan fingerprint density at radius 3 is 2.74 bits per heavy atom. The lowest BCUT2D eigenvalue weighted by Gasteiger charge is -2.40. The monoisotopic (exact) mass is 491 g/mol. The largest absolute Gasteiger partial charge is 0.467 e. The number of guanidine groups is 1. The highest BCUT2D eigenvalue weighted by Gasteiger charge is 2.34. The first-order chi connectivity index (χ1) is 12.7. The van der Waals surface area contributed by atoms with E-state index in [1.807, 2.05) is 0 Å². The minimum atomic E-state index is -0.247. The van der Waals surface area contributed by atoms with Crippen LogP contribution in [0.2, 0.25) is 0 Å². The summed E-state index contributed by atoms with van der Waals surface area (Å²) < 4.78 is 24.6. The van der Waals surface area contributed by atoms with Gasteiger partial charge in [0.1, 0.15) is 11.6 Å². The van der Waals surface area contributed by atoms with E-state index < -0.39 is 0 Å². The van der Waals surface area contributed by atoms with Crippen LogP contribution in [0.4, 0.5) is 4.39 Å². The molecule has 1 aromatic carbocycles. The van der Waals surface area contributed by atoms with Gasteiger partial charge < -0.3 is 20.1 Å². The first-order valence-electron chi connectivity index (χ1n) is 9.70. The standard InChI is InChI=1S/C20H30FN3O2.HI/c1-3-20(7-5-8-20)13-24-19(22-4-2)23-9-6-15-10-17(21)11-16-12-25-14-26-18(15)16;/h10-11H,3-9,12-14H2,1-2H3,(H2,22,23,24);1H. The third-order valence-corrected chi connectivity index (χ3v) is 5.52. The van der Waals surface area contributed by atoms with Gasteiger partial charge >= 0.3 is 0 Å². The van der Waals surface area contributed by atoms with Crippen LogP contribution in [-0.2, 0) is 17.8 Å². The van der Waals surface area contributed by atoms with Gasteiger partial charge in [0.15, 0.2) is 12.8 Å². The third-order valence-electron chi connectivity index (χ3n) is 5.52. The normalized spacial score (nSPS) is 17.8. The predicted octanol–water partition coefficient (Wildman–Crippen LogP) is 3.99. The third kappa shape index (κ3) is 5.70. The van der Waals surface area contributed by atoms with Crippen LogP contribution in [-0.4, -0.2) is 32.4 Å². The maximum atomic E-state index is 13.8. The number of nitrogens with zero attached hydrogens (tertiary/aromatic N) is 1. The molecule has 0 spiro atoms. The number of fused-ring (bicyclic) bond motifs is 1. The highest BCUT2D eigenvalue weighted by molar-refractivity contribution is 14.0. The second kappa shape index (κ2) is 10.5. The zero-order valence-corrected chi connectivity index (χ0v) is 18.6. The minimum absolute atomic E-state index is 0. The summed E-state index contributed by atoms with van der Waals surface area (Å²) in [5.41, 5.74) is 2.05. The highest BCUT2D eigenvalue weighted by atomic mass is 127. The van der Waals surface area contributed by atoms with Crippen molar-refractivity contribution in [1.82, 2.24) is 10.6 Å². The van der Waals surface area contributed by atoms with Crippen molar-refractivity contribution in [2.45, 2.75) is 52.6 Å². The number of rotatable bonds is 7. The molecule has 27 heavy (non-hydrogen) atoms. The second-order valence-corrected chi connectivity index (χ2v) is 7.24. The van der Waals surface area contributed by atoms with Crippen LogP contribution in [0.1, 0.15) is 50.7 Å². The summed E-state index contributed by atoms with van der Waals surface area (Å²) in [5, 5.41) is 6.67. The van der Waals surface area contributed by atoms with Gasteiger partial charge in [0.2, 0.25) is 0 Å². The Bertz CT molecular complexity index is 645. The number of aliphatic imine (C=N–C) groups is 1. The van der Waals surface area contributed by atoms with Gasteiger partial charge in [-0.2, -0.15) is 0 Å². The SMILES string of the molecule is CCNC(=NCC1(CC)CCC1)NCCc1cc(F)cc2c1OCOC2.I. The Kier molecular flexibility index (Phi) is 8.60. The molecule has 1 aliphatic heterocycles. The van der Waals surface area contributed by atoms with E-state index in [1.54, 1.807) is 6.07 Å². The molecule has 2 aliphatic rings. The average Bonchev–Trinajstić information content (AvgIpc) is 2.61. The molecular weight excluding hydrogens is 460 g/mol. The fourth-order valence-electron chi connectivity index (χ4n) is 3.65. The van der Waals surface area contributed by atoms with Gasteiger partial charge in [0, 0.05) is 25.2 Å². The second-order valence-electron chi connectivity index (χ2n) is 7.24. The molecule has 1 saturated carbocycles. The molecular formula is C20H31FIN3O2. The topological polar surface area (TPSA) is 54.9 Å². The van der Waals surface area contributed by atoms with Gasteiger partial charge in [-0.05, 0) is 55.7 Å². The van der Waals surface area contributed by atoms with Gasteiger partial charge in [0.25, 0.3) is 0 Å². The molecule has 152 valence electrons. The van der Waals surface area contributed by atoms with E-state index in [-0.39, 0.29) is 36.6 Å². The van der Waals surface area contributed by atoms with Crippen molar-refractivity contribution < 1.29 is 13.9 Å². The number of halogens is 2. The lowest BCUT2D eigenvalue weighted by Crippen LogP contribution is -2.40. The van der Waals surface area contributed by atoms with Crippen LogP contribution in [0.5, 0.6) is 5.75 Å². The summed E-state index contributed by atoms with van der Waals surface area (Å²) >= 11 is 0. The molecule has 3 rings (SSSR count). The van der Waals surface area contributed by atoms with Crippen LogP contribution in [0, 0.1) is 11.2 Å². The summed E-state index contributed by atoms with van der Waals surface area (Å²) in [6.07, 6.45) is 5.73. The molecule has 1 aromatic rings. The zero-order chi connectivity index (χ0) is 18.4. The van der Waals surface area contributed by atoms with E-state index >= 15 is 0 Å². The summed E-state index contributed by atoms with van der Waals surface area (Å²) in [6, 6.07) is 3.04. The molecule has 2 N–H and O–H groups in total. The Morgan fingerprint density at radius 2 is 2.07 bits per heavy atom. The fourth-order valence-corrected chi connectivity index (χ4v) is 3.65. The molecule has 5 nitrogen and oxygen atoms in total. The molecule has 1 aliphatic carbocycles. The van der Waals surface area contributed by atoms with Crippen LogP contribution >= 0.6 is 24.0 Å².